The smallest absolute Gasteiger partial charge is 0.336 e. The molecule has 0 spiro atoms. The third-order valence-corrected chi connectivity index (χ3v) is 3.69. The Kier molecular flexibility index (Phi) is 5.82. The van der Waals surface area contributed by atoms with E-state index in [1.165, 1.54) is 7.11 Å². The summed E-state index contributed by atoms with van der Waals surface area (Å²) in [6, 6.07) is 0.404. The first-order chi connectivity index (χ1) is 8.49. The summed E-state index contributed by atoms with van der Waals surface area (Å²) in [5, 5.41) is 0. The van der Waals surface area contributed by atoms with Crippen molar-refractivity contribution >= 4 is 5.97 Å². The Labute approximate surface area is 110 Å². The number of ether oxygens (including phenoxy) is 2. The number of hydrogen-bond donors (Lipinski definition) is 0. The topological polar surface area (TPSA) is 38.8 Å². The lowest BCUT2D eigenvalue weighted by atomic mass is 9.97. The highest BCUT2D eigenvalue weighted by molar-refractivity contribution is 5.75. The second kappa shape index (κ2) is 6.90. The summed E-state index contributed by atoms with van der Waals surface area (Å²) in [6.07, 6.45) is 2.52. The molecule has 0 aromatic carbocycles. The maximum absolute atomic E-state index is 11.6. The molecule has 1 aliphatic rings. The van der Waals surface area contributed by atoms with Gasteiger partial charge in [-0.15, -0.1) is 6.58 Å². The largest absolute Gasteiger partial charge is 0.467 e. The molecule has 0 unspecified atom stereocenters. The Hall–Kier alpha value is -0.870. The second-order valence-corrected chi connectivity index (χ2v) is 5.15. The molecule has 0 radical (unpaired) electrons. The lowest BCUT2D eigenvalue weighted by molar-refractivity contribution is -0.168. The Morgan fingerprint density at radius 3 is 2.78 bits per heavy atom. The molecule has 0 saturated carbocycles. The lowest BCUT2D eigenvalue weighted by Crippen LogP contribution is -2.54. The van der Waals surface area contributed by atoms with Crippen LogP contribution in [-0.2, 0) is 14.3 Å². The number of allylic oxidation sites excluding steroid dienone is 1. The second-order valence-electron chi connectivity index (χ2n) is 5.15. The van der Waals surface area contributed by atoms with Crippen molar-refractivity contribution in [1.82, 2.24) is 4.90 Å². The predicted molar refractivity (Wildman–Crippen MR) is 71.4 cm³/mol. The van der Waals surface area contributed by atoms with Crippen molar-refractivity contribution in [2.24, 2.45) is 5.92 Å². The highest BCUT2D eigenvalue weighted by atomic mass is 16.6. The third-order valence-electron chi connectivity index (χ3n) is 3.69. The number of methoxy groups -OCH3 is 1. The van der Waals surface area contributed by atoms with E-state index in [1.54, 1.807) is 0 Å². The summed E-state index contributed by atoms with van der Waals surface area (Å²) < 4.78 is 10.4. The highest BCUT2D eigenvalue weighted by Gasteiger charge is 2.34. The molecule has 0 amide bonds. The Bertz CT molecular complexity index is 293. The van der Waals surface area contributed by atoms with Gasteiger partial charge in [-0.3, -0.25) is 4.90 Å². The van der Waals surface area contributed by atoms with E-state index in [9.17, 15) is 4.79 Å². The van der Waals surface area contributed by atoms with Crippen LogP contribution in [0.25, 0.3) is 0 Å². The van der Waals surface area contributed by atoms with E-state index >= 15 is 0 Å². The van der Waals surface area contributed by atoms with Crippen LogP contribution in [0, 0.1) is 5.92 Å². The molecule has 4 atom stereocenters. The van der Waals surface area contributed by atoms with Gasteiger partial charge in [0.2, 0.25) is 0 Å². The van der Waals surface area contributed by atoms with E-state index < -0.39 is 6.10 Å². The van der Waals surface area contributed by atoms with Crippen LogP contribution < -0.4 is 0 Å². The van der Waals surface area contributed by atoms with Crippen LogP contribution in [0.3, 0.4) is 0 Å². The Balaban J connectivity index is 2.64. The molecule has 1 rings (SSSR count). The van der Waals surface area contributed by atoms with Gasteiger partial charge in [-0.1, -0.05) is 13.0 Å². The molecule has 1 heterocycles. The summed E-state index contributed by atoms with van der Waals surface area (Å²) in [6.45, 7) is 11.6. The molecule has 104 valence electrons. The number of rotatable bonds is 5. The van der Waals surface area contributed by atoms with Gasteiger partial charge in [-0.05, 0) is 26.2 Å². The summed E-state index contributed by atoms with van der Waals surface area (Å²) in [7, 11) is 1.40. The van der Waals surface area contributed by atoms with Crippen molar-refractivity contribution in [3.05, 3.63) is 12.7 Å². The van der Waals surface area contributed by atoms with Crippen LogP contribution in [0.15, 0.2) is 12.7 Å². The van der Waals surface area contributed by atoms with Gasteiger partial charge in [-0.25, -0.2) is 4.79 Å². The Morgan fingerprint density at radius 2 is 2.22 bits per heavy atom. The first kappa shape index (κ1) is 15.2. The molecule has 1 saturated heterocycles. The molecular weight excluding hydrogens is 230 g/mol. The first-order valence-electron chi connectivity index (χ1n) is 6.57. The molecule has 4 nitrogen and oxygen atoms in total. The van der Waals surface area contributed by atoms with Gasteiger partial charge in [0.1, 0.15) is 0 Å². The molecule has 18 heavy (non-hydrogen) atoms. The summed E-state index contributed by atoms with van der Waals surface area (Å²) in [5.74, 6) is 0.237. The number of morpholine rings is 1. The average molecular weight is 255 g/mol. The average Bonchev–Trinajstić information content (AvgIpc) is 2.36. The van der Waals surface area contributed by atoms with Crippen LogP contribution in [0.5, 0.6) is 0 Å². The van der Waals surface area contributed by atoms with Crippen molar-refractivity contribution in [1.29, 1.82) is 0 Å². The fourth-order valence-electron chi connectivity index (χ4n) is 2.40. The zero-order valence-electron chi connectivity index (χ0n) is 11.9. The van der Waals surface area contributed by atoms with Crippen molar-refractivity contribution in [3.63, 3.8) is 0 Å². The number of carbonyl (C=O) groups excluding carboxylic acids is 1. The minimum atomic E-state index is -0.461. The SMILES string of the molecule is C=CC[C@H](C)[C@H](C)N1C[C@@H](C)O[C@H](C(=O)OC)C1. The van der Waals surface area contributed by atoms with Crippen LogP contribution in [-0.4, -0.2) is 49.3 Å². The molecule has 1 fully saturated rings. The van der Waals surface area contributed by atoms with Crippen LogP contribution >= 0.6 is 0 Å². The van der Waals surface area contributed by atoms with E-state index in [4.69, 9.17) is 9.47 Å². The normalized spacial score (nSPS) is 28.4. The minimum absolute atomic E-state index is 0.0567. The molecule has 0 N–H and O–H groups in total. The van der Waals surface area contributed by atoms with Crippen molar-refractivity contribution < 1.29 is 14.3 Å². The quantitative estimate of drug-likeness (QED) is 0.555. The van der Waals surface area contributed by atoms with E-state index in [-0.39, 0.29) is 12.1 Å². The van der Waals surface area contributed by atoms with Crippen LogP contribution in [0.4, 0.5) is 0 Å². The molecule has 0 bridgehead atoms. The first-order valence-corrected chi connectivity index (χ1v) is 6.57. The van der Waals surface area contributed by atoms with Gasteiger partial charge in [0, 0.05) is 19.1 Å². The number of hydrogen-bond acceptors (Lipinski definition) is 4. The van der Waals surface area contributed by atoms with Crippen LogP contribution in [0.1, 0.15) is 27.2 Å². The summed E-state index contributed by atoms with van der Waals surface area (Å²) in [5.41, 5.74) is 0. The van der Waals surface area contributed by atoms with Crippen molar-refractivity contribution in [3.8, 4) is 0 Å². The lowest BCUT2D eigenvalue weighted by Gasteiger charge is -2.40. The molecule has 4 heteroatoms. The molecular formula is C14H25NO3. The predicted octanol–water partition coefficient (Wildman–Crippen LogP) is 1.85. The van der Waals surface area contributed by atoms with Crippen LogP contribution in [0.2, 0.25) is 0 Å². The zero-order valence-corrected chi connectivity index (χ0v) is 11.9. The van der Waals surface area contributed by atoms with Gasteiger partial charge in [0.05, 0.1) is 13.2 Å². The van der Waals surface area contributed by atoms with E-state index in [2.05, 4.69) is 25.3 Å². The number of esters is 1. The molecule has 0 aromatic rings. The van der Waals surface area contributed by atoms with Crippen molar-refractivity contribution in [2.45, 2.75) is 45.4 Å². The molecule has 1 aliphatic heterocycles. The standard InChI is InChI=1S/C14H25NO3/c1-6-7-10(2)12(4)15-8-11(3)18-13(9-15)14(16)17-5/h6,10-13H,1,7-9H2,2-5H3/t10-,11+,12-,13-/m0/s1. The van der Waals surface area contributed by atoms with E-state index in [0.717, 1.165) is 13.0 Å². The third kappa shape index (κ3) is 3.82. The fraction of sp³-hybridized carbons (Fsp3) is 0.786. The maximum atomic E-state index is 11.6. The number of nitrogens with zero attached hydrogens (tertiary/aromatic N) is 1. The highest BCUT2D eigenvalue weighted by Crippen LogP contribution is 2.20. The maximum Gasteiger partial charge on any atom is 0.336 e. The zero-order chi connectivity index (χ0) is 13.7. The molecule has 0 aliphatic carbocycles. The van der Waals surface area contributed by atoms with E-state index in [1.807, 2.05) is 13.0 Å². The van der Waals surface area contributed by atoms with Gasteiger partial charge in [0.15, 0.2) is 6.10 Å². The van der Waals surface area contributed by atoms with Gasteiger partial charge in [0.25, 0.3) is 0 Å². The fourth-order valence-corrected chi connectivity index (χ4v) is 2.40. The van der Waals surface area contributed by atoms with Gasteiger partial charge < -0.3 is 9.47 Å². The summed E-state index contributed by atoms with van der Waals surface area (Å²) in [4.78, 5) is 13.9. The van der Waals surface area contributed by atoms with Gasteiger partial charge in [-0.2, -0.15) is 0 Å². The summed E-state index contributed by atoms with van der Waals surface area (Å²) >= 11 is 0. The van der Waals surface area contributed by atoms with E-state index in [0.29, 0.717) is 18.5 Å². The van der Waals surface area contributed by atoms with Gasteiger partial charge >= 0.3 is 5.97 Å². The molecule has 0 aromatic heterocycles. The monoisotopic (exact) mass is 255 g/mol. The van der Waals surface area contributed by atoms with Crippen molar-refractivity contribution in [2.75, 3.05) is 20.2 Å². The Morgan fingerprint density at radius 1 is 1.56 bits per heavy atom. The minimum Gasteiger partial charge on any atom is -0.467 e. The number of carbonyl (C=O) groups is 1.